The molecule has 0 unspecified atom stereocenters. The molecule has 1 aliphatic heterocycles. The average molecular weight is 313 g/mol. The summed E-state index contributed by atoms with van der Waals surface area (Å²) >= 11 is 0. The van der Waals surface area contributed by atoms with Crippen molar-refractivity contribution < 1.29 is 0 Å². The van der Waals surface area contributed by atoms with Gasteiger partial charge in [-0.1, -0.05) is 6.92 Å². The van der Waals surface area contributed by atoms with Crippen LogP contribution < -0.4 is 15.8 Å². The van der Waals surface area contributed by atoms with Crippen LogP contribution in [0.2, 0.25) is 0 Å². The first-order chi connectivity index (χ1) is 11.1. The van der Waals surface area contributed by atoms with Crippen LogP contribution in [0.1, 0.15) is 12.6 Å². The number of anilines is 3. The van der Waals surface area contributed by atoms with Crippen molar-refractivity contribution in [1.82, 2.24) is 14.9 Å². The number of H-pyrrole nitrogens is 1. The summed E-state index contributed by atoms with van der Waals surface area (Å²) in [5.41, 5.74) is 2.69. The molecule has 3 rings (SSSR count). The van der Waals surface area contributed by atoms with E-state index in [0.29, 0.717) is 11.6 Å². The molecule has 0 bridgehead atoms. The zero-order valence-corrected chi connectivity index (χ0v) is 13.7. The smallest absolute Gasteiger partial charge is 0.252 e. The predicted molar refractivity (Wildman–Crippen MR) is 93.6 cm³/mol. The number of aromatic nitrogens is 2. The van der Waals surface area contributed by atoms with E-state index in [1.165, 1.54) is 11.8 Å². The first kappa shape index (κ1) is 15.6. The Balaban J connectivity index is 1.66. The molecule has 1 fully saturated rings. The molecule has 2 heterocycles. The van der Waals surface area contributed by atoms with E-state index < -0.39 is 0 Å². The van der Waals surface area contributed by atoms with Crippen molar-refractivity contribution in [2.24, 2.45) is 0 Å². The number of nitrogens with one attached hydrogen (secondary N) is 2. The van der Waals surface area contributed by atoms with E-state index in [9.17, 15) is 4.79 Å². The minimum absolute atomic E-state index is 0.148. The fourth-order valence-corrected chi connectivity index (χ4v) is 2.85. The zero-order valence-electron chi connectivity index (χ0n) is 13.7. The predicted octanol–water partition coefficient (Wildman–Crippen LogP) is 1.96. The van der Waals surface area contributed by atoms with Gasteiger partial charge in [0.15, 0.2) is 0 Å². The fraction of sp³-hybridized carbons (Fsp3) is 0.412. The van der Waals surface area contributed by atoms with E-state index in [4.69, 9.17) is 0 Å². The summed E-state index contributed by atoms with van der Waals surface area (Å²) < 4.78 is 0. The first-order valence-corrected chi connectivity index (χ1v) is 8.06. The highest BCUT2D eigenvalue weighted by Gasteiger charge is 2.15. The third-order valence-corrected chi connectivity index (χ3v) is 4.18. The van der Waals surface area contributed by atoms with Crippen molar-refractivity contribution in [3.63, 3.8) is 0 Å². The van der Waals surface area contributed by atoms with E-state index in [-0.39, 0.29) is 5.56 Å². The number of aromatic amines is 1. The molecule has 1 aromatic heterocycles. The maximum Gasteiger partial charge on any atom is 0.252 e. The van der Waals surface area contributed by atoms with Gasteiger partial charge in [-0.15, -0.1) is 0 Å². The molecule has 1 aromatic carbocycles. The molecule has 0 aliphatic carbocycles. The van der Waals surface area contributed by atoms with Gasteiger partial charge in [-0.05, 0) is 37.7 Å². The molecule has 0 radical (unpaired) electrons. The van der Waals surface area contributed by atoms with Gasteiger partial charge in [-0.2, -0.15) is 0 Å². The standard InChI is InChI=1S/C17H23N5O/c1-3-21-8-10-22(11-9-21)15-6-4-14(5-7-15)19-17-18-13(2)12-16(23)20-17/h4-7,12H,3,8-11H2,1-2H3,(H2,18,19,20,23). The minimum Gasteiger partial charge on any atom is -0.369 e. The van der Waals surface area contributed by atoms with Crippen LogP contribution in [0, 0.1) is 6.92 Å². The molecule has 6 nitrogen and oxygen atoms in total. The lowest BCUT2D eigenvalue weighted by Crippen LogP contribution is -2.46. The van der Waals surface area contributed by atoms with Crippen LogP contribution in [0.15, 0.2) is 35.1 Å². The van der Waals surface area contributed by atoms with Crippen LogP contribution in [0.5, 0.6) is 0 Å². The Hall–Kier alpha value is -2.34. The van der Waals surface area contributed by atoms with Crippen molar-refractivity contribution >= 4 is 17.3 Å². The van der Waals surface area contributed by atoms with Crippen molar-refractivity contribution in [2.45, 2.75) is 13.8 Å². The lowest BCUT2D eigenvalue weighted by molar-refractivity contribution is 0.271. The maximum atomic E-state index is 11.5. The number of aryl methyl sites for hydroxylation is 1. The Kier molecular flexibility index (Phi) is 4.62. The largest absolute Gasteiger partial charge is 0.369 e. The Morgan fingerprint density at radius 2 is 1.87 bits per heavy atom. The number of piperazine rings is 1. The van der Waals surface area contributed by atoms with Gasteiger partial charge < -0.3 is 15.1 Å². The highest BCUT2D eigenvalue weighted by atomic mass is 16.1. The highest BCUT2D eigenvalue weighted by molar-refractivity contribution is 5.59. The number of rotatable bonds is 4. The van der Waals surface area contributed by atoms with Gasteiger partial charge in [0.05, 0.1) is 0 Å². The second-order valence-corrected chi connectivity index (χ2v) is 5.83. The number of likely N-dealkylation sites (N-methyl/N-ethyl adjacent to an activating group) is 1. The molecule has 0 spiro atoms. The summed E-state index contributed by atoms with van der Waals surface area (Å²) in [5.74, 6) is 0.472. The van der Waals surface area contributed by atoms with Crippen LogP contribution in [0.25, 0.3) is 0 Å². The molecule has 2 N–H and O–H groups in total. The molecule has 1 saturated heterocycles. The van der Waals surface area contributed by atoms with E-state index in [1.807, 2.05) is 12.1 Å². The molecule has 0 saturated carbocycles. The van der Waals surface area contributed by atoms with E-state index >= 15 is 0 Å². The number of benzene rings is 1. The molecule has 23 heavy (non-hydrogen) atoms. The third-order valence-electron chi connectivity index (χ3n) is 4.18. The maximum absolute atomic E-state index is 11.5. The Morgan fingerprint density at radius 1 is 1.17 bits per heavy atom. The molecule has 2 aromatic rings. The molecule has 6 heteroatoms. The summed E-state index contributed by atoms with van der Waals surface area (Å²) in [6, 6.07) is 9.73. The summed E-state index contributed by atoms with van der Waals surface area (Å²) in [7, 11) is 0. The van der Waals surface area contributed by atoms with Crippen LogP contribution in [-0.4, -0.2) is 47.6 Å². The lowest BCUT2D eigenvalue weighted by atomic mass is 10.2. The minimum atomic E-state index is -0.148. The van der Waals surface area contributed by atoms with Gasteiger partial charge in [-0.25, -0.2) is 4.98 Å². The van der Waals surface area contributed by atoms with Crippen molar-refractivity contribution in [3.8, 4) is 0 Å². The van der Waals surface area contributed by atoms with Crippen molar-refractivity contribution in [1.29, 1.82) is 0 Å². The van der Waals surface area contributed by atoms with E-state index in [0.717, 1.165) is 38.4 Å². The first-order valence-electron chi connectivity index (χ1n) is 8.06. The Morgan fingerprint density at radius 3 is 2.48 bits per heavy atom. The summed E-state index contributed by atoms with van der Waals surface area (Å²) in [6.07, 6.45) is 0. The molecular weight excluding hydrogens is 290 g/mol. The summed E-state index contributed by atoms with van der Waals surface area (Å²) in [4.78, 5) is 23.3. The zero-order chi connectivity index (χ0) is 16.2. The molecule has 0 amide bonds. The Bertz CT molecular complexity index is 702. The van der Waals surface area contributed by atoms with Gasteiger partial charge in [0.25, 0.3) is 5.56 Å². The second kappa shape index (κ2) is 6.83. The van der Waals surface area contributed by atoms with Crippen molar-refractivity contribution in [2.75, 3.05) is 42.9 Å². The molecule has 122 valence electrons. The monoisotopic (exact) mass is 313 g/mol. The van der Waals surface area contributed by atoms with Gasteiger partial charge >= 0.3 is 0 Å². The van der Waals surface area contributed by atoms with Gasteiger partial charge in [-0.3, -0.25) is 9.78 Å². The van der Waals surface area contributed by atoms with Gasteiger partial charge in [0.1, 0.15) is 0 Å². The Labute approximate surface area is 136 Å². The van der Waals surface area contributed by atoms with E-state index in [2.05, 4.69) is 44.1 Å². The average Bonchev–Trinajstić information content (AvgIpc) is 2.55. The van der Waals surface area contributed by atoms with Crippen LogP contribution in [0.3, 0.4) is 0 Å². The normalized spacial score (nSPS) is 15.7. The molecular formula is C17H23N5O. The molecule has 1 aliphatic rings. The third kappa shape index (κ3) is 3.90. The summed E-state index contributed by atoms with van der Waals surface area (Å²) in [6.45, 7) is 9.49. The lowest BCUT2D eigenvalue weighted by Gasteiger charge is -2.35. The number of nitrogens with zero attached hydrogens (tertiary/aromatic N) is 3. The van der Waals surface area contributed by atoms with E-state index in [1.54, 1.807) is 6.92 Å². The number of hydrogen-bond acceptors (Lipinski definition) is 5. The number of hydrogen-bond donors (Lipinski definition) is 2. The highest BCUT2D eigenvalue weighted by Crippen LogP contribution is 2.20. The van der Waals surface area contributed by atoms with Gasteiger partial charge in [0.2, 0.25) is 5.95 Å². The topological polar surface area (TPSA) is 64.3 Å². The SMILES string of the molecule is CCN1CCN(c2ccc(Nc3nc(C)cc(=O)[nH]3)cc2)CC1. The van der Waals surface area contributed by atoms with Crippen LogP contribution >= 0.6 is 0 Å². The van der Waals surface area contributed by atoms with Crippen LogP contribution in [0.4, 0.5) is 17.3 Å². The summed E-state index contributed by atoms with van der Waals surface area (Å²) in [5, 5.41) is 3.14. The second-order valence-electron chi connectivity index (χ2n) is 5.83. The van der Waals surface area contributed by atoms with Crippen molar-refractivity contribution in [3.05, 3.63) is 46.4 Å². The quantitative estimate of drug-likeness (QED) is 0.903. The molecule has 0 atom stereocenters. The van der Waals surface area contributed by atoms with Crippen LogP contribution in [-0.2, 0) is 0 Å². The fourth-order valence-electron chi connectivity index (χ4n) is 2.85. The van der Waals surface area contributed by atoms with Gasteiger partial charge in [0, 0.05) is 49.3 Å².